The highest BCUT2D eigenvalue weighted by Gasteiger charge is 2.77. The zero-order valence-corrected chi connectivity index (χ0v) is 19.3. The molecule has 0 N–H and O–H groups in total. The van der Waals surface area contributed by atoms with E-state index in [1.807, 2.05) is 0 Å². The number of nitrogens with zero attached hydrogens (tertiary/aromatic N) is 1. The summed E-state index contributed by atoms with van der Waals surface area (Å²) >= 11 is 0. The molecule has 0 aromatic heterocycles. The van der Waals surface area contributed by atoms with Gasteiger partial charge in [-0.25, -0.2) is 0 Å². The molecule has 2 aliphatic carbocycles. The average molecular weight is 477 g/mol. The Kier molecular flexibility index (Phi) is 5.51. The Morgan fingerprint density at radius 2 is 1.92 bits per heavy atom. The predicted octanol–water partition coefficient (Wildman–Crippen LogP) is 0.392. The number of epoxide rings is 1. The average Bonchev–Trinajstić information content (AvgIpc) is 3.17. The number of unbranched alkanes of at least 4 members (excludes halogenated alkanes) is 1. The molecule has 7 atom stereocenters. The molecule has 4 aliphatic rings. The van der Waals surface area contributed by atoms with E-state index in [2.05, 4.69) is 34.9 Å². The summed E-state index contributed by atoms with van der Waals surface area (Å²) in [5, 5.41) is 0. The molecule has 2 heterocycles. The normalized spacial score (nSPS) is 46.5. The van der Waals surface area contributed by atoms with Crippen LogP contribution in [-0.4, -0.2) is 54.9 Å². The third-order valence-corrected chi connectivity index (χ3v) is 7.90. The summed E-state index contributed by atoms with van der Waals surface area (Å²) in [7, 11) is 4.55. The van der Waals surface area contributed by atoms with Gasteiger partial charge in [0.1, 0.15) is 17.6 Å². The van der Waals surface area contributed by atoms with Crippen LogP contribution in [0.15, 0.2) is 0 Å². The molecule has 150 valence electrons. The van der Waals surface area contributed by atoms with E-state index in [1.54, 1.807) is 0 Å². The Labute approximate surface area is 176 Å². The van der Waals surface area contributed by atoms with Gasteiger partial charge >= 0.3 is 5.97 Å². The summed E-state index contributed by atoms with van der Waals surface area (Å²) in [6.45, 7) is 8.87. The summed E-state index contributed by atoms with van der Waals surface area (Å²) in [5.74, 6) is 1.60. The molecule has 0 amide bonds. The van der Waals surface area contributed by atoms with E-state index in [-0.39, 0.29) is 53.2 Å². The lowest BCUT2D eigenvalue weighted by Crippen LogP contribution is -3.00. The Morgan fingerprint density at radius 3 is 2.62 bits per heavy atom. The molecule has 5 heteroatoms. The lowest BCUT2D eigenvalue weighted by atomic mass is 9.55. The maximum absolute atomic E-state index is 13.0. The number of esters is 1. The lowest BCUT2D eigenvalue weighted by molar-refractivity contribution is -0.893. The fraction of sp³-hybridized carbons (Fsp3) is 0.952. The fourth-order valence-corrected chi connectivity index (χ4v) is 6.47. The van der Waals surface area contributed by atoms with Crippen LogP contribution in [0.5, 0.6) is 0 Å². The molecule has 2 saturated heterocycles. The van der Waals surface area contributed by atoms with Crippen molar-refractivity contribution in [2.24, 2.45) is 23.7 Å². The second-order valence-electron chi connectivity index (χ2n) is 10.2. The second kappa shape index (κ2) is 6.87. The molecule has 2 aliphatic heterocycles. The molecule has 26 heavy (non-hydrogen) atoms. The van der Waals surface area contributed by atoms with Gasteiger partial charge in [-0.1, -0.05) is 20.3 Å². The first kappa shape index (κ1) is 20.8. The second-order valence-corrected chi connectivity index (χ2v) is 10.2. The van der Waals surface area contributed by atoms with E-state index >= 15 is 0 Å². The van der Waals surface area contributed by atoms with Crippen molar-refractivity contribution in [2.75, 3.05) is 27.2 Å². The molecule has 3 unspecified atom stereocenters. The van der Waals surface area contributed by atoms with Crippen LogP contribution < -0.4 is 24.0 Å². The minimum atomic E-state index is -0.322. The van der Waals surface area contributed by atoms with Gasteiger partial charge < -0.3 is 37.9 Å². The van der Waals surface area contributed by atoms with Crippen LogP contribution in [0.3, 0.4) is 0 Å². The molecular formula is C21H36INO3. The predicted molar refractivity (Wildman–Crippen MR) is 97.0 cm³/mol. The summed E-state index contributed by atoms with van der Waals surface area (Å²) in [5.41, 5.74) is -0.356. The van der Waals surface area contributed by atoms with Crippen molar-refractivity contribution in [3.8, 4) is 0 Å². The standard InChI is InChI=1S/C21H36NO3.HI/c1-6-7-12-22(4,5)13-15-17-9-8-14(2)16-10-11-20(3)19(25-20)21(16,17)24-18(15)23;/h14-17,19H,6-13H2,1-5H3;1H/q+1;/p-1/t14-,15?,16?,17?,19-,20-,21-;/m1./s1. The SMILES string of the molecule is CCCC[N+](C)(C)CC1C(=O)O[C@@]23C1CC[C@@H](C)C2CC[C@@]1(C)O[C@@H]31.[I-]. The van der Waals surface area contributed by atoms with Gasteiger partial charge in [-0.05, 0) is 44.9 Å². The van der Waals surface area contributed by atoms with Crippen LogP contribution in [0.25, 0.3) is 0 Å². The maximum atomic E-state index is 13.0. The Morgan fingerprint density at radius 1 is 1.19 bits per heavy atom. The third kappa shape index (κ3) is 3.04. The number of quaternary nitrogens is 1. The first-order valence-electron chi connectivity index (χ1n) is 10.5. The van der Waals surface area contributed by atoms with Crippen molar-refractivity contribution in [3.05, 3.63) is 0 Å². The van der Waals surface area contributed by atoms with Crippen LogP contribution in [0.4, 0.5) is 0 Å². The van der Waals surface area contributed by atoms with E-state index in [1.165, 1.54) is 19.3 Å². The highest BCUT2D eigenvalue weighted by atomic mass is 127. The molecule has 1 spiro atoms. The summed E-state index contributed by atoms with van der Waals surface area (Å²) in [4.78, 5) is 13.0. The summed E-state index contributed by atoms with van der Waals surface area (Å²) in [6, 6.07) is 0. The minimum Gasteiger partial charge on any atom is -1.00 e. The van der Waals surface area contributed by atoms with Gasteiger partial charge in [0.2, 0.25) is 0 Å². The highest BCUT2D eigenvalue weighted by Crippen LogP contribution is 2.66. The van der Waals surface area contributed by atoms with Crippen molar-refractivity contribution in [2.45, 2.75) is 76.6 Å². The Bertz CT molecular complexity index is 567. The van der Waals surface area contributed by atoms with E-state index in [0.717, 1.165) is 36.8 Å². The van der Waals surface area contributed by atoms with E-state index in [4.69, 9.17) is 9.47 Å². The number of hydrogen-bond donors (Lipinski definition) is 0. The van der Waals surface area contributed by atoms with Crippen molar-refractivity contribution in [3.63, 3.8) is 0 Å². The number of rotatable bonds is 5. The Hall–Kier alpha value is 0.120. The molecule has 0 aromatic rings. The monoisotopic (exact) mass is 477 g/mol. The van der Waals surface area contributed by atoms with Crippen LogP contribution >= 0.6 is 0 Å². The zero-order valence-electron chi connectivity index (χ0n) is 17.1. The first-order valence-corrected chi connectivity index (χ1v) is 10.5. The molecule has 4 fully saturated rings. The van der Waals surface area contributed by atoms with E-state index < -0.39 is 0 Å². The van der Waals surface area contributed by atoms with Gasteiger partial charge in [0.05, 0.1) is 32.8 Å². The maximum Gasteiger partial charge on any atom is 0.315 e. The van der Waals surface area contributed by atoms with Gasteiger partial charge in [-0.2, -0.15) is 0 Å². The van der Waals surface area contributed by atoms with E-state index in [0.29, 0.717) is 17.8 Å². The van der Waals surface area contributed by atoms with Crippen LogP contribution in [0, 0.1) is 23.7 Å². The smallest absolute Gasteiger partial charge is 0.315 e. The van der Waals surface area contributed by atoms with Crippen LogP contribution in [0.2, 0.25) is 0 Å². The number of hydrogen-bond acceptors (Lipinski definition) is 3. The number of carbonyl (C=O) groups is 1. The van der Waals surface area contributed by atoms with Crippen molar-refractivity contribution < 1.29 is 42.7 Å². The fourth-order valence-electron chi connectivity index (χ4n) is 6.47. The van der Waals surface area contributed by atoms with Gasteiger partial charge in [0.15, 0.2) is 0 Å². The first-order chi connectivity index (χ1) is 11.7. The van der Waals surface area contributed by atoms with Crippen molar-refractivity contribution >= 4 is 5.97 Å². The summed E-state index contributed by atoms with van der Waals surface area (Å²) in [6.07, 6.45) is 7.20. The van der Waals surface area contributed by atoms with Gasteiger partial charge in [-0.15, -0.1) is 0 Å². The van der Waals surface area contributed by atoms with Crippen molar-refractivity contribution in [1.29, 1.82) is 0 Å². The van der Waals surface area contributed by atoms with Gasteiger partial charge in [0.25, 0.3) is 0 Å². The van der Waals surface area contributed by atoms with Gasteiger partial charge in [-0.3, -0.25) is 4.79 Å². The molecule has 0 bridgehead atoms. The topological polar surface area (TPSA) is 38.8 Å². The van der Waals surface area contributed by atoms with Crippen LogP contribution in [0.1, 0.15) is 59.3 Å². The lowest BCUT2D eigenvalue weighted by Gasteiger charge is -2.50. The molecular weight excluding hydrogens is 441 g/mol. The largest absolute Gasteiger partial charge is 1.00 e. The van der Waals surface area contributed by atoms with Crippen molar-refractivity contribution in [1.82, 2.24) is 0 Å². The third-order valence-electron chi connectivity index (χ3n) is 7.90. The number of fused-ring (bicyclic) bond motifs is 1. The highest BCUT2D eigenvalue weighted by molar-refractivity contribution is 5.77. The molecule has 0 aromatic carbocycles. The molecule has 4 nitrogen and oxygen atoms in total. The molecule has 2 saturated carbocycles. The minimum absolute atomic E-state index is 0. The summed E-state index contributed by atoms with van der Waals surface area (Å²) < 4.78 is 13.5. The molecule has 0 radical (unpaired) electrons. The number of ether oxygens (including phenoxy) is 2. The molecule has 4 rings (SSSR count). The van der Waals surface area contributed by atoms with Crippen LogP contribution in [-0.2, 0) is 14.3 Å². The zero-order chi connectivity index (χ0) is 18.0. The number of carbonyl (C=O) groups excluding carboxylic acids is 1. The quantitative estimate of drug-likeness (QED) is 0.249. The van der Waals surface area contributed by atoms with E-state index in [9.17, 15) is 4.79 Å². The number of halogens is 1. The Balaban J connectivity index is 0.00000196. The van der Waals surface area contributed by atoms with Gasteiger partial charge in [0, 0.05) is 11.8 Å².